The molecule has 0 bridgehead atoms. The lowest BCUT2D eigenvalue weighted by atomic mass is 10.3. The third-order valence-electron chi connectivity index (χ3n) is 1.03. The summed E-state index contributed by atoms with van der Waals surface area (Å²) in [6, 6.07) is 3.48. The van der Waals surface area contributed by atoms with Gasteiger partial charge in [0.25, 0.3) is 6.54 Å². The molecule has 0 saturated carbocycles. The molecule has 0 spiro atoms. The van der Waals surface area contributed by atoms with E-state index in [1.807, 2.05) is 0 Å². The molecule has 0 aliphatic rings. The van der Waals surface area contributed by atoms with Crippen molar-refractivity contribution in [2.75, 3.05) is 0 Å². The summed E-state index contributed by atoms with van der Waals surface area (Å²) >= 11 is 5.57. The second kappa shape index (κ2) is 3.19. The minimum Gasteiger partial charge on any atom is -0.310 e. The summed E-state index contributed by atoms with van der Waals surface area (Å²) in [4.78, 5) is 7.10. The minimum atomic E-state index is 0.331. The number of halogens is 1. The number of hydrogen-bond donors (Lipinski definition) is 0. The summed E-state index contributed by atoms with van der Waals surface area (Å²) in [7, 11) is 0. The average Bonchev–Trinajstić information content (AvgIpc) is 1.95. The van der Waals surface area contributed by atoms with E-state index in [1.165, 1.54) is 0 Å². The van der Waals surface area contributed by atoms with E-state index in [4.69, 9.17) is 18.2 Å². The zero-order valence-corrected chi connectivity index (χ0v) is 5.97. The summed E-state index contributed by atoms with van der Waals surface area (Å²) in [5, 5.41) is 0.605. The summed E-state index contributed by atoms with van der Waals surface area (Å²) in [6.07, 6.45) is 1.54. The number of nitrogens with zero attached hydrogens (tertiary/aromatic N) is 2. The van der Waals surface area contributed by atoms with Crippen molar-refractivity contribution >= 4 is 11.6 Å². The first-order valence-electron chi connectivity index (χ1n) is 2.76. The molecule has 1 heterocycles. The molecular formula is C7H5ClN2. The van der Waals surface area contributed by atoms with Gasteiger partial charge in [0.1, 0.15) is 5.69 Å². The van der Waals surface area contributed by atoms with Gasteiger partial charge in [-0.25, -0.2) is 6.57 Å². The highest BCUT2D eigenvalue weighted by molar-refractivity contribution is 6.30. The zero-order chi connectivity index (χ0) is 7.40. The monoisotopic (exact) mass is 152 g/mol. The summed E-state index contributed by atoms with van der Waals surface area (Å²) in [5.41, 5.74) is 0.763. The van der Waals surface area contributed by atoms with Gasteiger partial charge in [-0.3, -0.25) is 4.98 Å². The van der Waals surface area contributed by atoms with Crippen LogP contribution in [0.1, 0.15) is 5.69 Å². The van der Waals surface area contributed by atoms with Crippen molar-refractivity contribution in [3.05, 3.63) is 40.5 Å². The molecule has 0 atom stereocenters. The molecule has 50 valence electrons. The molecule has 0 unspecified atom stereocenters. The van der Waals surface area contributed by atoms with E-state index in [-0.39, 0.29) is 0 Å². The third kappa shape index (κ3) is 1.71. The Morgan fingerprint density at radius 3 is 2.90 bits per heavy atom. The Balaban J connectivity index is 2.81. The second-order valence-electron chi connectivity index (χ2n) is 1.78. The van der Waals surface area contributed by atoms with Crippen LogP contribution in [0.25, 0.3) is 4.85 Å². The van der Waals surface area contributed by atoms with Gasteiger partial charge in [-0.15, -0.1) is 0 Å². The van der Waals surface area contributed by atoms with Crippen molar-refractivity contribution in [1.82, 2.24) is 4.98 Å². The van der Waals surface area contributed by atoms with Crippen molar-refractivity contribution < 1.29 is 0 Å². The number of pyridine rings is 1. The van der Waals surface area contributed by atoms with Gasteiger partial charge in [0.05, 0.1) is 5.02 Å². The Hall–Kier alpha value is -1.07. The maximum Gasteiger partial charge on any atom is 0.256 e. The van der Waals surface area contributed by atoms with E-state index in [1.54, 1.807) is 18.3 Å². The Morgan fingerprint density at radius 2 is 2.40 bits per heavy atom. The van der Waals surface area contributed by atoms with Crippen LogP contribution >= 0.6 is 11.6 Å². The predicted molar refractivity (Wildman–Crippen MR) is 39.6 cm³/mol. The van der Waals surface area contributed by atoms with Gasteiger partial charge in [0.15, 0.2) is 0 Å². The number of rotatable bonds is 1. The number of aromatic nitrogens is 1. The molecule has 0 fully saturated rings. The quantitative estimate of drug-likeness (QED) is 0.564. The van der Waals surface area contributed by atoms with Crippen LogP contribution in [0.3, 0.4) is 0 Å². The maximum absolute atomic E-state index is 6.55. The first-order chi connectivity index (χ1) is 4.83. The van der Waals surface area contributed by atoms with Gasteiger partial charge in [-0.2, -0.15) is 0 Å². The predicted octanol–water partition coefficient (Wildman–Crippen LogP) is 2.15. The second-order valence-corrected chi connectivity index (χ2v) is 2.22. The van der Waals surface area contributed by atoms with E-state index in [0.29, 0.717) is 11.6 Å². The topological polar surface area (TPSA) is 17.2 Å². The Morgan fingerprint density at radius 1 is 1.60 bits per heavy atom. The molecule has 3 heteroatoms. The fourth-order valence-electron chi connectivity index (χ4n) is 0.581. The Labute approximate surface area is 64.3 Å². The van der Waals surface area contributed by atoms with E-state index in [0.717, 1.165) is 5.69 Å². The molecule has 0 radical (unpaired) electrons. The van der Waals surface area contributed by atoms with Crippen molar-refractivity contribution in [2.24, 2.45) is 0 Å². The van der Waals surface area contributed by atoms with E-state index in [9.17, 15) is 0 Å². The third-order valence-corrected chi connectivity index (χ3v) is 1.25. The van der Waals surface area contributed by atoms with Crippen LogP contribution in [-0.4, -0.2) is 4.98 Å². The Bertz CT molecular complexity index is 247. The minimum absolute atomic E-state index is 0.331. The molecule has 2 nitrogen and oxygen atoms in total. The van der Waals surface area contributed by atoms with Gasteiger partial charge in [0, 0.05) is 6.20 Å². The van der Waals surface area contributed by atoms with Crippen molar-refractivity contribution in [3.63, 3.8) is 0 Å². The Kier molecular flexibility index (Phi) is 2.24. The van der Waals surface area contributed by atoms with Crippen LogP contribution in [0.5, 0.6) is 0 Å². The smallest absolute Gasteiger partial charge is 0.256 e. The molecule has 0 saturated heterocycles. The summed E-state index contributed by atoms with van der Waals surface area (Å²) < 4.78 is 0. The lowest BCUT2D eigenvalue weighted by Gasteiger charge is -1.89. The first-order valence-corrected chi connectivity index (χ1v) is 3.14. The van der Waals surface area contributed by atoms with Gasteiger partial charge < -0.3 is 4.85 Å². The van der Waals surface area contributed by atoms with E-state index < -0.39 is 0 Å². The standard InChI is InChI=1S/C7H5ClN2/c1-9-5-7-3-2-6(8)4-10-7/h2-4H,5H2. The van der Waals surface area contributed by atoms with Crippen molar-refractivity contribution in [1.29, 1.82) is 0 Å². The van der Waals surface area contributed by atoms with Crippen LogP contribution in [0.2, 0.25) is 5.02 Å². The summed E-state index contributed by atoms with van der Waals surface area (Å²) in [5.74, 6) is 0. The molecule has 1 rings (SSSR count). The molecule has 1 aromatic heterocycles. The molecular weight excluding hydrogens is 148 g/mol. The normalized spacial score (nSPS) is 8.80. The zero-order valence-electron chi connectivity index (χ0n) is 5.21. The van der Waals surface area contributed by atoms with Crippen LogP contribution in [0, 0.1) is 6.57 Å². The fraction of sp³-hybridized carbons (Fsp3) is 0.143. The lowest BCUT2D eigenvalue weighted by molar-refractivity contribution is 1.11. The summed E-state index contributed by atoms with van der Waals surface area (Å²) in [6.45, 7) is 6.88. The SMILES string of the molecule is [C-]#[N+]Cc1ccc(Cl)cn1. The van der Waals surface area contributed by atoms with Gasteiger partial charge in [0.2, 0.25) is 0 Å². The van der Waals surface area contributed by atoms with E-state index >= 15 is 0 Å². The van der Waals surface area contributed by atoms with Crippen LogP contribution < -0.4 is 0 Å². The van der Waals surface area contributed by atoms with Crippen molar-refractivity contribution in [3.8, 4) is 0 Å². The van der Waals surface area contributed by atoms with E-state index in [2.05, 4.69) is 9.83 Å². The van der Waals surface area contributed by atoms with Crippen LogP contribution in [0.15, 0.2) is 18.3 Å². The van der Waals surface area contributed by atoms with Crippen molar-refractivity contribution in [2.45, 2.75) is 6.54 Å². The molecule has 0 aromatic carbocycles. The molecule has 0 amide bonds. The highest BCUT2D eigenvalue weighted by Crippen LogP contribution is 2.06. The highest BCUT2D eigenvalue weighted by atomic mass is 35.5. The molecule has 1 aromatic rings. The molecule has 0 aliphatic carbocycles. The largest absolute Gasteiger partial charge is 0.310 e. The van der Waals surface area contributed by atoms with Crippen LogP contribution in [0.4, 0.5) is 0 Å². The van der Waals surface area contributed by atoms with Gasteiger partial charge >= 0.3 is 0 Å². The fourth-order valence-corrected chi connectivity index (χ4v) is 0.693. The highest BCUT2D eigenvalue weighted by Gasteiger charge is 1.94. The van der Waals surface area contributed by atoms with Crippen LogP contribution in [-0.2, 0) is 6.54 Å². The average molecular weight is 153 g/mol. The first kappa shape index (κ1) is 7.04. The number of hydrogen-bond acceptors (Lipinski definition) is 1. The molecule has 0 N–H and O–H groups in total. The lowest BCUT2D eigenvalue weighted by Crippen LogP contribution is -1.83. The van der Waals surface area contributed by atoms with Gasteiger partial charge in [-0.1, -0.05) is 11.6 Å². The van der Waals surface area contributed by atoms with Gasteiger partial charge in [-0.05, 0) is 12.1 Å². The maximum atomic E-state index is 6.55. The molecule has 0 aliphatic heterocycles. The molecule has 10 heavy (non-hydrogen) atoms.